The lowest BCUT2D eigenvalue weighted by Gasteiger charge is -2.24. The zero-order valence-electron chi connectivity index (χ0n) is 11.3. The molecule has 1 N–H and O–H groups in total. The molecule has 0 aromatic rings. The first kappa shape index (κ1) is 15.0. The highest BCUT2D eigenvalue weighted by Gasteiger charge is 2.15. The summed E-state index contributed by atoms with van der Waals surface area (Å²) in [4.78, 5) is 13.6. The van der Waals surface area contributed by atoms with Gasteiger partial charge < -0.3 is 15.0 Å². The largest absolute Gasteiger partial charge is 0.378 e. The monoisotopic (exact) mass is 252 g/mol. The molecule has 0 atom stereocenters. The number of piperidine rings is 1. The van der Waals surface area contributed by atoms with Crippen molar-refractivity contribution in [2.45, 2.75) is 38.7 Å². The van der Waals surface area contributed by atoms with E-state index < -0.39 is 0 Å². The predicted molar refractivity (Wildman–Crippen MR) is 72.2 cm³/mol. The molecule has 102 valence electrons. The Balaban J connectivity index is 2.19. The van der Waals surface area contributed by atoms with Crippen LogP contribution in [0.2, 0.25) is 0 Å². The summed E-state index contributed by atoms with van der Waals surface area (Å²) in [6, 6.07) is 0. The van der Waals surface area contributed by atoms with Gasteiger partial charge in [0.05, 0.1) is 25.7 Å². The predicted octanol–water partition coefficient (Wildman–Crippen LogP) is 1.02. The molecule has 1 aliphatic rings. The van der Waals surface area contributed by atoms with Gasteiger partial charge in [-0.25, -0.2) is 0 Å². The number of hydrogen-bond donors (Lipinski definition) is 1. The highest BCUT2D eigenvalue weighted by molar-refractivity contribution is 5.76. The number of nitrogens with zero attached hydrogens (tertiary/aromatic N) is 1. The normalized spacial score (nSPS) is 16.2. The second-order valence-electron chi connectivity index (χ2n) is 4.59. The summed E-state index contributed by atoms with van der Waals surface area (Å²) < 4.78 is 5.72. The SMILES string of the molecule is C#CCN(CCC)C(=O)CCOC1CCNCC1. The number of terminal acetylenes is 1. The van der Waals surface area contributed by atoms with Gasteiger partial charge in [0.25, 0.3) is 0 Å². The van der Waals surface area contributed by atoms with Gasteiger partial charge in [0, 0.05) is 6.54 Å². The van der Waals surface area contributed by atoms with Crippen molar-refractivity contribution in [2.75, 3.05) is 32.8 Å². The van der Waals surface area contributed by atoms with E-state index in [0.717, 1.165) is 38.9 Å². The van der Waals surface area contributed by atoms with Crippen LogP contribution in [0.1, 0.15) is 32.6 Å². The quantitative estimate of drug-likeness (QED) is 0.688. The van der Waals surface area contributed by atoms with Crippen LogP contribution in [0.4, 0.5) is 0 Å². The summed E-state index contributed by atoms with van der Waals surface area (Å²) in [6.45, 7) is 5.71. The van der Waals surface area contributed by atoms with Crippen LogP contribution in [0.3, 0.4) is 0 Å². The van der Waals surface area contributed by atoms with Crippen molar-refractivity contribution in [1.29, 1.82) is 0 Å². The van der Waals surface area contributed by atoms with Crippen LogP contribution in [0.25, 0.3) is 0 Å². The number of carbonyl (C=O) groups is 1. The standard InChI is InChI=1S/C14H24N2O2/c1-3-10-16(11-4-2)14(17)7-12-18-13-5-8-15-9-6-13/h1,13,15H,4-12H2,2H3. The Morgan fingerprint density at radius 1 is 1.50 bits per heavy atom. The summed E-state index contributed by atoms with van der Waals surface area (Å²) in [5, 5.41) is 3.29. The van der Waals surface area contributed by atoms with E-state index in [0.29, 0.717) is 25.7 Å². The van der Waals surface area contributed by atoms with Gasteiger partial charge in [-0.3, -0.25) is 4.79 Å². The Bertz CT molecular complexity index is 280. The summed E-state index contributed by atoms with van der Waals surface area (Å²) in [5.74, 6) is 2.63. The van der Waals surface area contributed by atoms with Crippen molar-refractivity contribution >= 4 is 5.91 Å². The maximum Gasteiger partial charge on any atom is 0.225 e. The van der Waals surface area contributed by atoms with Gasteiger partial charge in [0.1, 0.15) is 0 Å². The molecule has 0 radical (unpaired) electrons. The van der Waals surface area contributed by atoms with Gasteiger partial charge in [-0.1, -0.05) is 12.8 Å². The maximum absolute atomic E-state index is 11.9. The molecule has 1 rings (SSSR count). The minimum absolute atomic E-state index is 0.101. The molecule has 18 heavy (non-hydrogen) atoms. The van der Waals surface area contributed by atoms with E-state index in [2.05, 4.69) is 11.2 Å². The summed E-state index contributed by atoms with van der Waals surface area (Å²) >= 11 is 0. The van der Waals surface area contributed by atoms with E-state index in [1.165, 1.54) is 0 Å². The van der Waals surface area contributed by atoms with Crippen molar-refractivity contribution in [2.24, 2.45) is 0 Å². The molecule has 0 aromatic heterocycles. The van der Waals surface area contributed by atoms with E-state index in [-0.39, 0.29) is 5.91 Å². The molecule has 1 amide bonds. The molecule has 0 unspecified atom stereocenters. The Morgan fingerprint density at radius 2 is 2.22 bits per heavy atom. The molecule has 0 aromatic carbocycles. The Morgan fingerprint density at radius 3 is 2.83 bits per heavy atom. The topological polar surface area (TPSA) is 41.6 Å². The average molecular weight is 252 g/mol. The maximum atomic E-state index is 11.9. The molecule has 4 nitrogen and oxygen atoms in total. The van der Waals surface area contributed by atoms with Gasteiger partial charge in [-0.15, -0.1) is 6.42 Å². The van der Waals surface area contributed by atoms with Gasteiger partial charge in [-0.05, 0) is 32.4 Å². The molecule has 1 saturated heterocycles. The third kappa shape index (κ3) is 5.52. The second-order valence-corrected chi connectivity index (χ2v) is 4.59. The number of nitrogens with one attached hydrogen (secondary N) is 1. The zero-order chi connectivity index (χ0) is 13.2. The minimum atomic E-state index is 0.101. The van der Waals surface area contributed by atoms with Crippen LogP contribution >= 0.6 is 0 Å². The van der Waals surface area contributed by atoms with Crippen LogP contribution in [0, 0.1) is 12.3 Å². The number of carbonyl (C=O) groups excluding carboxylic acids is 1. The number of ether oxygens (including phenoxy) is 1. The van der Waals surface area contributed by atoms with Gasteiger partial charge >= 0.3 is 0 Å². The molecular weight excluding hydrogens is 228 g/mol. The Labute approximate surface area is 110 Å². The first-order valence-corrected chi connectivity index (χ1v) is 6.81. The van der Waals surface area contributed by atoms with Crippen LogP contribution < -0.4 is 5.32 Å². The minimum Gasteiger partial charge on any atom is -0.378 e. The van der Waals surface area contributed by atoms with E-state index in [1.807, 2.05) is 6.92 Å². The molecule has 4 heteroatoms. The molecule has 1 fully saturated rings. The number of hydrogen-bond acceptors (Lipinski definition) is 3. The van der Waals surface area contributed by atoms with E-state index >= 15 is 0 Å². The van der Waals surface area contributed by atoms with Crippen LogP contribution in [-0.2, 0) is 9.53 Å². The lowest BCUT2D eigenvalue weighted by atomic mass is 10.1. The summed E-state index contributed by atoms with van der Waals surface area (Å²) in [7, 11) is 0. The van der Waals surface area contributed by atoms with Crippen LogP contribution in [0.15, 0.2) is 0 Å². The van der Waals surface area contributed by atoms with Crippen molar-refractivity contribution in [3.63, 3.8) is 0 Å². The second kappa shape index (κ2) is 8.96. The molecule has 0 spiro atoms. The lowest BCUT2D eigenvalue weighted by Crippen LogP contribution is -2.35. The number of rotatable bonds is 7. The fourth-order valence-corrected chi connectivity index (χ4v) is 2.11. The van der Waals surface area contributed by atoms with Crippen molar-refractivity contribution in [3.8, 4) is 12.3 Å². The zero-order valence-corrected chi connectivity index (χ0v) is 11.3. The fraction of sp³-hybridized carbons (Fsp3) is 0.786. The molecule has 0 aliphatic carbocycles. The smallest absolute Gasteiger partial charge is 0.225 e. The highest BCUT2D eigenvalue weighted by atomic mass is 16.5. The highest BCUT2D eigenvalue weighted by Crippen LogP contribution is 2.08. The van der Waals surface area contributed by atoms with Crippen LogP contribution in [-0.4, -0.2) is 49.7 Å². The third-order valence-corrected chi connectivity index (χ3v) is 3.08. The average Bonchev–Trinajstić information content (AvgIpc) is 2.39. The first-order valence-electron chi connectivity index (χ1n) is 6.81. The summed E-state index contributed by atoms with van der Waals surface area (Å²) in [5.41, 5.74) is 0. The number of amides is 1. The molecule has 0 saturated carbocycles. The van der Waals surface area contributed by atoms with E-state index in [1.54, 1.807) is 4.90 Å². The Hall–Kier alpha value is -1.05. The summed E-state index contributed by atoms with van der Waals surface area (Å²) in [6.07, 6.45) is 9.02. The molecule has 1 heterocycles. The van der Waals surface area contributed by atoms with Crippen LogP contribution in [0.5, 0.6) is 0 Å². The van der Waals surface area contributed by atoms with Gasteiger partial charge in [0.15, 0.2) is 0 Å². The van der Waals surface area contributed by atoms with Crippen molar-refractivity contribution in [3.05, 3.63) is 0 Å². The first-order chi connectivity index (χ1) is 8.77. The Kier molecular flexibility index (Phi) is 7.47. The third-order valence-electron chi connectivity index (χ3n) is 3.08. The van der Waals surface area contributed by atoms with E-state index in [4.69, 9.17) is 11.2 Å². The van der Waals surface area contributed by atoms with E-state index in [9.17, 15) is 4.79 Å². The molecule has 0 bridgehead atoms. The lowest BCUT2D eigenvalue weighted by molar-refractivity contribution is -0.132. The molecular formula is C14H24N2O2. The van der Waals surface area contributed by atoms with Gasteiger partial charge in [0.2, 0.25) is 5.91 Å². The van der Waals surface area contributed by atoms with Crippen molar-refractivity contribution < 1.29 is 9.53 Å². The van der Waals surface area contributed by atoms with Gasteiger partial charge in [-0.2, -0.15) is 0 Å². The van der Waals surface area contributed by atoms with Crippen molar-refractivity contribution in [1.82, 2.24) is 10.2 Å². The molecule has 1 aliphatic heterocycles. The fourth-order valence-electron chi connectivity index (χ4n) is 2.11.